The lowest BCUT2D eigenvalue weighted by molar-refractivity contribution is 0.0690. The van der Waals surface area contributed by atoms with Crippen LogP contribution in [0.5, 0.6) is 0 Å². The van der Waals surface area contributed by atoms with Gasteiger partial charge in [-0.05, 0) is 19.9 Å². The van der Waals surface area contributed by atoms with Crippen LogP contribution in [0.1, 0.15) is 24.3 Å². The molecule has 0 saturated heterocycles. The van der Waals surface area contributed by atoms with Gasteiger partial charge in [-0.1, -0.05) is 0 Å². The quantitative estimate of drug-likeness (QED) is 0.716. The first-order valence-corrected chi connectivity index (χ1v) is 5.58. The molecule has 0 fully saturated rings. The Hall–Kier alpha value is -1.69. The van der Waals surface area contributed by atoms with E-state index in [1.54, 1.807) is 0 Å². The summed E-state index contributed by atoms with van der Waals surface area (Å²) in [6.07, 6.45) is 1.45. The van der Waals surface area contributed by atoms with Crippen molar-refractivity contribution >= 4 is 11.9 Å². The molecule has 1 heterocycles. The van der Waals surface area contributed by atoms with Gasteiger partial charge in [-0.15, -0.1) is 0 Å². The molecule has 94 valence electrons. The first kappa shape index (κ1) is 13.4. The summed E-state index contributed by atoms with van der Waals surface area (Å²) in [6.45, 7) is 6.47. The number of rotatable bonds is 7. The predicted molar refractivity (Wildman–Crippen MR) is 63.4 cm³/mol. The van der Waals surface area contributed by atoms with E-state index in [9.17, 15) is 4.79 Å². The first-order valence-electron chi connectivity index (χ1n) is 5.58. The minimum Gasteiger partial charge on any atom is -0.477 e. The van der Waals surface area contributed by atoms with Gasteiger partial charge in [-0.2, -0.15) is 0 Å². The van der Waals surface area contributed by atoms with Crippen LogP contribution in [0, 0.1) is 0 Å². The molecule has 0 aliphatic carbocycles. The smallest absolute Gasteiger partial charge is 0.354 e. The number of hydrogen-bond acceptors (Lipinski definition) is 5. The number of likely N-dealkylation sites (N-methyl/N-ethyl adjacent to an activating group) is 1. The summed E-state index contributed by atoms with van der Waals surface area (Å²) in [5.41, 5.74) is 0.00450. The Bertz CT molecular complexity index is 371. The summed E-state index contributed by atoms with van der Waals surface area (Å²) in [7, 11) is 0. The highest BCUT2D eigenvalue weighted by Crippen LogP contribution is 2.07. The molecule has 0 amide bonds. The second-order valence-corrected chi connectivity index (χ2v) is 3.32. The highest BCUT2D eigenvalue weighted by atomic mass is 16.5. The molecule has 1 N–H and O–H groups in total. The fourth-order valence-electron chi connectivity index (χ4n) is 1.34. The zero-order valence-corrected chi connectivity index (χ0v) is 10.1. The molecule has 0 spiro atoms. The van der Waals surface area contributed by atoms with Crippen molar-refractivity contribution in [3.63, 3.8) is 0 Å². The maximum Gasteiger partial charge on any atom is 0.354 e. The van der Waals surface area contributed by atoms with Gasteiger partial charge < -0.3 is 14.7 Å². The Morgan fingerprint density at radius 2 is 2.29 bits per heavy atom. The maximum absolute atomic E-state index is 10.8. The number of carboxylic acid groups (broad SMARTS) is 1. The number of carboxylic acids is 1. The first-order chi connectivity index (χ1) is 8.19. The fraction of sp³-hybridized carbons (Fsp3) is 0.545. The SMILES string of the molecule is CCOCCN(CC)c1nccc(C(=O)O)n1. The lowest BCUT2D eigenvalue weighted by Crippen LogP contribution is -2.29. The summed E-state index contributed by atoms with van der Waals surface area (Å²) < 4.78 is 5.25. The van der Waals surface area contributed by atoms with Crippen LogP contribution in [0.2, 0.25) is 0 Å². The van der Waals surface area contributed by atoms with E-state index in [0.717, 1.165) is 0 Å². The van der Waals surface area contributed by atoms with Gasteiger partial charge in [0.05, 0.1) is 6.61 Å². The van der Waals surface area contributed by atoms with Crippen LogP contribution >= 0.6 is 0 Å². The lowest BCUT2D eigenvalue weighted by Gasteiger charge is -2.20. The van der Waals surface area contributed by atoms with Crippen LogP contribution in [0.25, 0.3) is 0 Å². The largest absolute Gasteiger partial charge is 0.477 e. The van der Waals surface area contributed by atoms with Gasteiger partial charge in [0.1, 0.15) is 0 Å². The molecule has 0 radical (unpaired) electrons. The van der Waals surface area contributed by atoms with E-state index in [4.69, 9.17) is 9.84 Å². The van der Waals surface area contributed by atoms with Crippen molar-refractivity contribution in [3.05, 3.63) is 18.0 Å². The molecule has 1 aromatic heterocycles. The van der Waals surface area contributed by atoms with E-state index < -0.39 is 5.97 Å². The lowest BCUT2D eigenvalue weighted by atomic mass is 10.4. The van der Waals surface area contributed by atoms with E-state index in [1.165, 1.54) is 12.3 Å². The number of carbonyl (C=O) groups is 1. The van der Waals surface area contributed by atoms with Crippen LogP contribution < -0.4 is 4.90 Å². The minimum absolute atomic E-state index is 0.00450. The Labute approximate surface area is 100 Å². The molecule has 0 bridgehead atoms. The van der Waals surface area contributed by atoms with Gasteiger partial charge in [-0.3, -0.25) is 0 Å². The summed E-state index contributed by atoms with van der Waals surface area (Å²) in [5.74, 6) is -0.624. The van der Waals surface area contributed by atoms with Crippen LogP contribution in [0.15, 0.2) is 12.3 Å². The van der Waals surface area contributed by atoms with Crippen molar-refractivity contribution in [1.29, 1.82) is 0 Å². The number of hydrogen-bond donors (Lipinski definition) is 1. The molecule has 0 aliphatic rings. The predicted octanol–water partition coefficient (Wildman–Crippen LogP) is 1.04. The third-order valence-electron chi connectivity index (χ3n) is 2.24. The average molecular weight is 239 g/mol. The van der Waals surface area contributed by atoms with Crippen LogP contribution in [-0.4, -0.2) is 47.3 Å². The topological polar surface area (TPSA) is 75.5 Å². The Morgan fingerprint density at radius 1 is 1.53 bits per heavy atom. The minimum atomic E-state index is -1.05. The van der Waals surface area contributed by atoms with Crippen LogP contribution in [-0.2, 0) is 4.74 Å². The Balaban J connectivity index is 2.73. The number of aromatic carboxylic acids is 1. The van der Waals surface area contributed by atoms with Gasteiger partial charge >= 0.3 is 5.97 Å². The number of aromatic nitrogens is 2. The summed E-state index contributed by atoms with van der Waals surface area (Å²) in [4.78, 5) is 20.7. The molecular weight excluding hydrogens is 222 g/mol. The van der Waals surface area contributed by atoms with Crippen molar-refractivity contribution in [3.8, 4) is 0 Å². The Kier molecular flexibility index (Phi) is 5.35. The summed E-state index contributed by atoms with van der Waals surface area (Å²) in [6, 6.07) is 1.38. The second kappa shape index (κ2) is 6.80. The number of ether oxygens (including phenoxy) is 1. The van der Waals surface area contributed by atoms with Gasteiger partial charge in [0, 0.05) is 25.9 Å². The van der Waals surface area contributed by atoms with Gasteiger partial charge in [0.25, 0.3) is 0 Å². The van der Waals surface area contributed by atoms with E-state index in [1.807, 2.05) is 18.7 Å². The van der Waals surface area contributed by atoms with Gasteiger partial charge in [0.15, 0.2) is 5.69 Å². The molecule has 0 aromatic carbocycles. The molecule has 1 rings (SSSR count). The number of anilines is 1. The molecule has 0 atom stereocenters. The molecule has 0 unspecified atom stereocenters. The zero-order valence-electron chi connectivity index (χ0n) is 10.1. The molecule has 6 heteroatoms. The molecule has 17 heavy (non-hydrogen) atoms. The normalized spacial score (nSPS) is 10.2. The average Bonchev–Trinajstić information content (AvgIpc) is 2.35. The van der Waals surface area contributed by atoms with Crippen molar-refractivity contribution in [2.75, 3.05) is 31.2 Å². The monoisotopic (exact) mass is 239 g/mol. The van der Waals surface area contributed by atoms with Gasteiger partial charge in [0.2, 0.25) is 5.95 Å². The van der Waals surface area contributed by atoms with E-state index in [2.05, 4.69) is 9.97 Å². The van der Waals surface area contributed by atoms with Crippen LogP contribution in [0.4, 0.5) is 5.95 Å². The van der Waals surface area contributed by atoms with Gasteiger partial charge in [-0.25, -0.2) is 14.8 Å². The van der Waals surface area contributed by atoms with Crippen molar-refractivity contribution in [2.24, 2.45) is 0 Å². The van der Waals surface area contributed by atoms with E-state index in [-0.39, 0.29) is 5.69 Å². The van der Waals surface area contributed by atoms with Crippen molar-refractivity contribution in [2.45, 2.75) is 13.8 Å². The third-order valence-corrected chi connectivity index (χ3v) is 2.24. The molecule has 0 aliphatic heterocycles. The molecule has 6 nitrogen and oxygen atoms in total. The Morgan fingerprint density at radius 3 is 2.88 bits per heavy atom. The highest BCUT2D eigenvalue weighted by molar-refractivity contribution is 5.85. The third kappa shape index (κ3) is 3.99. The van der Waals surface area contributed by atoms with E-state index in [0.29, 0.717) is 32.3 Å². The molecule has 1 aromatic rings. The fourth-order valence-corrected chi connectivity index (χ4v) is 1.34. The summed E-state index contributed by atoms with van der Waals surface area (Å²) in [5, 5.41) is 8.84. The van der Waals surface area contributed by atoms with Crippen LogP contribution in [0.3, 0.4) is 0 Å². The highest BCUT2D eigenvalue weighted by Gasteiger charge is 2.11. The maximum atomic E-state index is 10.8. The number of nitrogens with zero attached hydrogens (tertiary/aromatic N) is 3. The second-order valence-electron chi connectivity index (χ2n) is 3.32. The molecule has 0 saturated carbocycles. The zero-order chi connectivity index (χ0) is 12.7. The standard InChI is InChI=1S/C11H17N3O3/c1-3-14(7-8-17-4-2)11-12-6-5-9(13-11)10(15)16/h5-6H,3-4,7-8H2,1-2H3,(H,15,16). The van der Waals surface area contributed by atoms with E-state index >= 15 is 0 Å². The molecular formula is C11H17N3O3. The van der Waals surface area contributed by atoms with Crippen molar-refractivity contribution < 1.29 is 14.6 Å². The van der Waals surface area contributed by atoms with Crippen molar-refractivity contribution in [1.82, 2.24) is 9.97 Å². The summed E-state index contributed by atoms with van der Waals surface area (Å²) >= 11 is 0.